The van der Waals surface area contributed by atoms with Crippen molar-refractivity contribution in [1.29, 1.82) is 0 Å². The van der Waals surface area contributed by atoms with Gasteiger partial charge in [-0.05, 0) is 12.8 Å². The Labute approximate surface area is 79.0 Å². The van der Waals surface area contributed by atoms with E-state index in [1.807, 2.05) is 6.92 Å². The molecule has 0 aromatic heterocycles. The molecule has 0 bridgehead atoms. The number of amides is 1. The van der Waals surface area contributed by atoms with Crippen LogP contribution in [0.3, 0.4) is 0 Å². The van der Waals surface area contributed by atoms with Gasteiger partial charge >= 0.3 is 0 Å². The maximum Gasteiger partial charge on any atom is 0.239 e. The molecule has 2 atom stereocenters. The molecule has 0 aromatic rings. The van der Waals surface area contributed by atoms with Crippen molar-refractivity contribution >= 4 is 5.91 Å². The third-order valence-electron chi connectivity index (χ3n) is 2.55. The molecule has 1 unspecified atom stereocenters. The van der Waals surface area contributed by atoms with Crippen LogP contribution < -0.4 is 5.73 Å². The van der Waals surface area contributed by atoms with E-state index in [-0.39, 0.29) is 18.1 Å². The highest BCUT2D eigenvalue weighted by Gasteiger charge is 2.28. The van der Waals surface area contributed by atoms with E-state index in [1.165, 1.54) is 0 Å². The summed E-state index contributed by atoms with van der Waals surface area (Å²) in [5.41, 5.74) is 5.65. The second-order valence-corrected chi connectivity index (χ2v) is 3.45. The van der Waals surface area contributed by atoms with Crippen molar-refractivity contribution in [3.05, 3.63) is 0 Å². The second-order valence-electron chi connectivity index (χ2n) is 3.45. The van der Waals surface area contributed by atoms with Crippen molar-refractivity contribution < 1.29 is 9.53 Å². The van der Waals surface area contributed by atoms with Crippen molar-refractivity contribution in [2.75, 3.05) is 20.2 Å². The molecule has 1 saturated heterocycles. The smallest absolute Gasteiger partial charge is 0.239 e. The first kappa shape index (κ1) is 10.5. The van der Waals surface area contributed by atoms with Crippen LogP contribution in [0.25, 0.3) is 0 Å². The molecule has 76 valence electrons. The van der Waals surface area contributed by atoms with Gasteiger partial charge in [0, 0.05) is 20.2 Å². The number of nitrogens with two attached hydrogens (primary N) is 1. The van der Waals surface area contributed by atoms with Crippen LogP contribution in [0.1, 0.15) is 19.8 Å². The maximum absolute atomic E-state index is 11.6. The minimum atomic E-state index is -0.337. The zero-order valence-electron chi connectivity index (χ0n) is 8.32. The molecule has 4 nitrogen and oxygen atoms in total. The van der Waals surface area contributed by atoms with Gasteiger partial charge in [0.25, 0.3) is 0 Å². The third kappa shape index (κ3) is 2.42. The lowest BCUT2D eigenvalue weighted by molar-refractivity contribution is -0.132. The van der Waals surface area contributed by atoms with Gasteiger partial charge in [0.15, 0.2) is 0 Å². The SMILES string of the molecule is CC[C@@H](N)C(=O)N1CCC(OC)C1. The topological polar surface area (TPSA) is 55.6 Å². The highest BCUT2D eigenvalue weighted by Crippen LogP contribution is 2.12. The fourth-order valence-electron chi connectivity index (χ4n) is 1.53. The van der Waals surface area contributed by atoms with E-state index in [0.29, 0.717) is 13.0 Å². The summed E-state index contributed by atoms with van der Waals surface area (Å²) >= 11 is 0. The summed E-state index contributed by atoms with van der Waals surface area (Å²) in [4.78, 5) is 13.4. The van der Waals surface area contributed by atoms with Crippen molar-refractivity contribution in [3.8, 4) is 0 Å². The lowest BCUT2D eigenvalue weighted by atomic mass is 10.2. The number of hydrogen-bond donors (Lipinski definition) is 1. The Bertz CT molecular complexity index is 184. The van der Waals surface area contributed by atoms with Crippen LogP contribution in [-0.2, 0) is 9.53 Å². The average Bonchev–Trinajstić information content (AvgIpc) is 2.63. The van der Waals surface area contributed by atoms with Crippen LogP contribution in [0.4, 0.5) is 0 Å². The summed E-state index contributed by atoms with van der Waals surface area (Å²) in [7, 11) is 1.68. The van der Waals surface area contributed by atoms with Crippen LogP contribution in [0, 0.1) is 0 Å². The van der Waals surface area contributed by atoms with Gasteiger partial charge in [-0.3, -0.25) is 4.79 Å². The summed E-state index contributed by atoms with van der Waals surface area (Å²) in [6.45, 7) is 3.40. The Morgan fingerprint density at radius 3 is 2.92 bits per heavy atom. The van der Waals surface area contributed by atoms with Crippen molar-refractivity contribution in [2.45, 2.75) is 31.9 Å². The molecule has 1 fully saturated rings. The second kappa shape index (κ2) is 4.58. The Kier molecular flexibility index (Phi) is 3.69. The predicted octanol–water partition coefficient (Wildman–Crippen LogP) is -0.0290. The minimum Gasteiger partial charge on any atom is -0.380 e. The first-order valence-electron chi connectivity index (χ1n) is 4.76. The highest BCUT2D eigenvalue weighted by molar-refractivity contribution is 5.81. The van der Waals surface area contributed by atoms with Crippen LogP contribution in [0.2, 0.25) is 0 Å². The summed E-state index contributed by atoms with van der Waals surface area (Å²) in [5.74, 6) is 0.0575. The van der Waals surface area contributed by atoms with Gasteiger partial charge in [-0.2, -0.15) is 0 Å². The number of ether oxygens (including phenoxy) is 1. The lowest BCUT2D eigenvalue weighted by Crippen LogP contribution is -2.42. The van der Waals surface area contributed by atoms with E-state index < -0.39 is 0 Å². The quantitative estimate of drug-likeness (QED) is 0.673. The van der Waals surface area contributed by atoms with Gasteiger partial charge in [-0.1, -0.05) is 6.92 Å². The number of rotatable bonds is 3. The highest BCUT2D eigenvalue weighted by atomic mass is 16.5. The molecule has 4 heteroatoms. The normalized spacial score (nSPS) is 24.8. The van der Waals surface area contributed by atoms with Gasteiger partial charge in [0.1, 0.15) is 0 Å². The fourth-order valence-corrected chi connectivity index (χ4v) is 1.53. The number of hydrogen-bond acceptors (Lipinski definition) is 3. The number of likely N-dealkylation sites (tertiary alicyclic amines) is 1. The molecule has 1 amide bonds. The Balaban J connectivity index is 2.41. The molecular weight excluding hydrogens is 168 g/mol. The van der Waals surface area contributed by atoms with Crippen LogP contribution in [-0.4, -0.2) is 43.2 Å². The summed E-state index contributed by atoms with van der Waals surface area (Å²) in [6, 6.07) is -0.337. The average molecular weight is 186 g/mol. The standard InChI is InChI=1S/C9H18N2O2/c1-3-8(10)9(12)11-5-4-7(6-11)13-2/h7-8H,3-6,10H2,1-2H3/t7?,8-/m1/s1. The number of carbonyl (C=O) groups is 1. The van der Waals surface area contributed by atoms with Gasteiger partial charge in [-0.15, -0.1) is 0 Å². The first-order chi connectivity index (χ1) is 6.19. The van der Waals surface area contributed by atoms with E-state index in [4.69, 9.17) is 10.5 Å². The molecule has 1 rings (SSSR count). The Morgan fingerprint density at radius 2 is 2.46 bits per heavy atom. The van der Waals surface area contributed by atoms with E-state index in [9.17, 15) is 4.79 Å². The summed E-state index contributed by atoms with van der Waals surface area (Å²) < 4.78 is 5.17. The van der Waals surface area contributed by atoms with Gasteiger partial charge in [-0.25, -0.2) is 0 Å². The minimum absolute atomic E-state index is 0.0575. The van der Waals surface area contributed by atoms with Crippen molar-refractivity contribution in [3.63, 3.8) is 0 Å². The number of methoxy groups -OCH3 is 1. The molecule has 1 aliphatic heterocycles. The molecule has 0 saturated carbocycles. The fraction of sp³-hybridized carbons (Fsp3) is 0.889. The van der Waals surface area contributed by atoms with Gasteiger partial charge in [0.05, 0.1) is 12.1 Å². The molecule has 1 heterocycles. The lowest BCUT2D eigenvalue weighted by Gasteiger charge is -2.19. The third-order valence-corrected chi connectivity index (χ3v) is 2.55. The van der Waals surface area contributed by atoms with Crippen LogP contribution in [0.5, 0.6) is 0 Å². The van der Waals surface area contributed by atoms with Crippen molar-refractivity contribution in [1.82, 2.24) is 4.90 Å². The molecular formula is C9H18N2O2. The predicted molar refractivity (Wildman–Crippen MR) is 50.3 cm³/mol. The maximum atomic E-state index is 11.6. The van der Waals surface area contributed by atoms with Crippen molar-refractivity contribution in [2.24, 2.45) is 5.73 Å². The first-order valence-corrected chi connectivity index (χ1v) is 4.76. The van der Waals surface area contributed by atoms with Crippen LogP contribution >= 0.6 is 0 Å². The monoisotopic (exact) mass is 186 g/mol. The van der Waals surface area contributed by atoms with E-state index >= 15 is 0 Å². The largest absolute Gasteiger partial charge is 0.380 e. The van der Waals surface area contributed by atoms with E-state index in [1.54, 1.807) is 12.0 Å². The van der Waals surface area contributed by atoms with E-state index in [0.717, 1.165) is 13.0 Å². The zero-order valence-corrected chi connectivity index (χ0v) is 8.32. The Morgan fingerprint density at radius 1 is 1.77 bits per heavy atom. The molecule has 2 N–H and O–H groups in total. The molecule has 0 aromatic carbocycles. The Hall–Kier alpha value is -0.610. The van der Waals surface area contributed by atoms with Gasteiger partial charge in [0.2, 0.25) is 5.91 Å². The van der Waals surface area contributed by atoms with Crippen LogP contribution in [0.15, 0.2) is 0 Å². The molecule has 0 radical (unpaired) electrons. The molecule has 0 spiro atoms. The number of carbonyl (C=O) groups excluding carboxylic acids is 1. The summed E-state index contributed by atoms with van der Waals surface area (Å²) in [6.07, 6.45) is 1.83. The molecule has 0 aliphatic carbocycles. The zero-order chi connectivity index (χ0) is 9.84. The number of nitrogens with zero attached hydrogens (tertiary/aromatic N) is 1. The molecule has 1 aliphatic rings. The summed E-state index contributed by atoms with van der Waals surface area (Å²) in [5, 5.41) is 0. The van der Waals surface area contributed by atoms with E-state index in [2.05, 4.69) is 0 Å². The van der Waals surface area contributed by atoms with Gasteiger partial charge < -0.3 is 15.4 Å². The molecule has 13 heavy (non-hydrogen) atoms.